The second-order valence-corrected chi connectivity index (χ2v) is 7.99. The average Bonchev–Trinajstić information content (AvgIpc) is 3.11. The van der Waals surface area contributed by atoms with E-state index in [9.17, 15) is 8.42 Å². The SMILES string of the molecule is COCCN(Cc1ccsc1)S(=O)(=O)c1ccc2c(c1)OCCO2. The molecule has 8 heteroatoms. The Morgan fingerprint density at radius 1 is 1.21 bits per heavy atom. The van der Waals surface area contributed by atoms with E-state index in [2.05, 4.69) is 0 Å². The van der Waals surface area contributed by atoms with Crippen LogP contribution in [0.2, 0.25) is 0 Å². The lowest BCUT2D eigenvalue weighted by molar-refractivity contribution is 0.170. The molecule has 0 unspecified atom stereocenters. The van der Waals surface area contributed by atoms with Gasteiger partial charge in [-0.1, -0.05) is 0 Å². The van der Waals surface area contributed by atoms with Crippen LogP contribution in [0.4, 0.5) is 0 Å². The zero-order chi connectivity index (χ0) is 17.0. The molecule has 130 valence electrons. The Morgan fingerprint density at radius 2 is 2.00 bits per heavy atom. The number of methoxy groups -OCH3 is 1. The van der Waals surface area contributed by atoms with Crippen LogP contribution in [0.15, 0.2) is 39.9 Å². The van der Waals surface area contributed by atoms with Crippen LogP contribution in [-0.2, 0) is 21.3 Å². The van der Waals surface area contributed by atoms with Gasteiger partial charge in [-0.2, -0.15) is 15.6 Å². The smallest absolute Gasteiger partial charge is 0.243 e. The summed E-state index contributed by atoms with van der Waals surface area (Å²) in [5.74, 6) is 1.03. The standard InChI is InChI=1S/C16H19NO5S2/c1-20-6-5-17(11-13-4-9-23-12-13)24(18,19)14-2-3-15-16(10-14)22-8-7-21-15/h2-4,9-10,12H,5-8,11H2,1H3. The van der Waals surface area contributed by atoms with Crippen molar-refractivity contribution < 1.29 is 22.6 Å². The highest BCUT2D eigenvalue weighted by molar-refractivity contribution is 7.89. The number of fused-ring (bicyclic) bond motifs is 1. The number of rotatable bonds is 7. The third-order valence-electron chi connectivity index (χ3n) is 3.64. The minimum atomic E-state index is -3.66. The van der Waals surface area contributed by atoms with Gasteiger partial charge in [0.05, 0.1) is 11.5 Å². The number of hydrogen-bond acceptors (Lipinski definition) is 6. The number of hydrogen-bond donors (Lipinski definition) is 0. The molecule has 2 aromatic rings. The van der Waals surface area contributed by atoms with Gasteiger partial charge in [-0.3, -0.25) is 0 Å². The molecule has 0 amide bonds. The van der Waals surface area contributed by atoms with E-state index in [1.807, 2.05) is 16.8 Å². The van der Waals surface area contributed by atoms with Crippen molar-refractivity contribution in [3.05, 3.63) is 40.6 Å². The van der Waals surface area contributed by atoms with Crippen molar-refractivity contribution in [2.45, 2.75) is 11.4 Å². The molecule has 24 heavy (non-hydrogen) atoms. The lowest BCUT2D eigenvalue weighted by atomic mass is 10.3. The fourth-order valence-electron chi connectivity index (χ4n) is 2.40. The van der Waals surface area contributed by atoms with Crippen molar-refractivity contribution in [2.24, 2.45) is 0 Å². The van der Waals surface area contributed by atoms with Crippen molar-refractivity contribution in [1.29, 1.82) is 0 Å². The van der Waals surface area contributed by atoms with E-state index in [4.69, 9.17) is 14.2 Å². The summed E-state index contributed by atoms with van der Waals surface area (Å²) in [6, 6.07) is 6.64. The molecule has 0 fully saturated rings. The van der Waals surface area contributed by atoms with Crippen LogP contribution in [0.25, 0.3) is 0 Å². The second kappa shape index (κ2) is 7.52. The fraction of sp³-hybridized carbons (Fsp3) is 0.375. The number of ether oxygens (including phenoxy) is 3. The summed E-state index contributed by atoms with van der Waals surface area (Å²) < 4.78 is 43.5. The second-order valence-electron chi connectivity index (χ2n) is 5.27. The first kappa shape index (κ1) is 17.2. The summed E-state index contributed by atoms with van der Waals surface area (Å²) in [5.41, 5.74) is 0.956. The van der Waals surface area contributed by atoms with Crippen molar-refractivity contribution in [3.63, 3.8) is 0 Å². The van der Waals surface area contributed by atoms with Crippen LogP contribution in [0.1, 0.15) is 5.56 Å². The monoisotopic (exact) mass is 369 g/mol. The molecule has 0 N–H and O–H groups in total. The van der Waals surface area contributed by atoms with E-state index in [-0.39, 0.29) is 11.4 Å². The number of thiophene rings is 1. The van der Waals surface area contributed by atoms with Gasteiger partial charge in [0, 0.05) is 26.3 Å². The predicted octanol–water partition coefficient (Wildman–Crippen LogP) is 2.36. The molecule has 1 aliphatic rings. The number of nitrogens with zero attached hydrogens (tertiary/aromatic N) is 1. The van der Waals surface area contributed by atoms with Crippen molar-refractivity contribution in [3.8, 4) is 11.5 Å². The molecule has 0 radical (unpaired) electrons. The molecule has 0 saturated heterocycles. The Balaban J connectivity index is 1.89. The minimum absolute atomic E-state index is 0.193. The zero-order valence-corrected chi connectivity index (χ0v) is 14.9. The average molecular weight is 369 g/mol. The van der Waals surface area contributed by atoms with Crippen LogP contribution in [0, 0.1) is 0 Å². The highest BCUT2D eigenvalue weighted by atomic mass is 32.2. The number of benzene rings is 1. The van der Waals surface area contributed by atoms with E-state index < -0.39 is 10.0 Å². The quantitative estimate of drug-likeness (QED) is 0.750. The van der Waals surface area contributed by atoms with Crippen molar-refractivity contribution >= 4 is 21.4 Å². The molecule has 0 bridgehead atoms. The number of sulfonamides is 1. The largest absolute Gasteiger partial charge is 0.486 e. The Labute approximate surface area is 145 Å². The van der Waals surface area contributed by atoms with Crippen LogP contribution in [0.5, 0.6) is 11.5 Å². The van der Waals surface area contributed by atoms with Gasteiger partial charge in [0.2, 0.25) is 10.0 Å². The van der Waals surface area contributed by atoms with Gasteiger partial charge in [-0.05, 0) is 34.5 Å². The van der Waals surface area contributed by atoms with Crippen LogP contribution >= 0.6 is 11.3 Å². The van der Waals surface area contributed by atoms with Crippen LogP contribution in [-0.4, -0.2) is 46.2 Å². The van der Waals surface area contributed by atoms with E-state index in [1.54, 1.807) is 30.6 Å². The van der Waals surface area contributed by atoms with Gasteiger partial charge < -0.3 is 14.2 Å². The van der Waals surface area contributed by atoms with E-state index in [0.29, 0.717) is 37.9 Å². The summed E-state index contributed by atoms with van der Waals surface area (Å²) in [6.07, 6.45) is 0. The zero-order valence-electron chi connectivity index (χ0n) is 13.3. The fourth-order valence-corrected chi connectivity index (χ4v) is 4.48. The lowest BCUT2D eigenvalue weighted by Gasteiger charge is -2.23. The summed E-state index contributed by atoms with van der Waals surface area (Å²) in [5, 5.41) is 3.87. The van der Waals surface area contributed by atoms with Gasteiger partial charge in [0.15, 0.2) is 11.5 Å². The summed E-state index contributed by atoms with van der Waals surface area (Å²) in [4.78, 5) is 0.193. The molecule has 2 heterocycles. The molecular weight excluding hydrogens is 350 g/mol. The van der Waals surface area contributed by atoms with Crippen molar-refractivity contribution in [2.75, 3.05) is 33.5 Å². The third kappa shape index (κ3) is 3.72. The summed E-state index contributed by atoms with van der Waals surface area (Å²) in [6.45, 7) is 1.80. The predicted molar refractivity (Wildman–Crippen MR) is 91.2 cm³/mol. The third-order valence-corrected chi connectivity index (χ3v) is 6.21. The lowest BCUT2D eigenvalue weighted by Crippen LogP contribution is -2.33. The molecule has 0 spiro atoms. The summed E-state index contributed by atoms with van der Waals surface area (Å²) >= 11 is 1.54. The van der Waals surface area contributed by atoms with Crippen LogP contribution in [0.3, 0.4) is 0 Å². The normalized spacial score (nSPS) is 14.1. The highest BCUT2D eigenvalue weighted by Crippen LogP contribution is 2.33. The molecule has 3 rings (SSSR count). The molecule has 1 aromatic carbocycles. The molecule has 0 aliphatic carbocycles. The Bertz CT molecular complexity index is 774. The summed E-state index contributed by atoms with van der Waals surface area (Å²) in [7, 11) is -2.11. The Morgan fingerprint density at radius 3 is 2.71 bits per heavy atom. The maximum atomic E-state index is 13.0. The van der Waals surface area contributed by atoms with Crippen molar-refractivity contribution in [1.82, 2.24) is 4.31 Å². The Hall–Kier alpha value is -1.61. The van der Waals surface area contributed by atoms with E-state index in [1.165, 1.54) is 10.4 Å². The van der Waals surface area contributed by atoms with Gasteiger partial charge in [-0.15, -0.1) is 0 Å². The molecule has 0 atom stereocenters. The first-order valence-corrected chi connectivity index (χ1v) is 9.89. The Kier molecular flexibility index (Phi) is 5.40. The van der Waals surface area contributed by atoms with Gasteiger partial charge in [0.1, 0.15) is 13.2 Å². The minimum Gasteiger partial charge on any atom is -0.486 e. The maximum absolute atomic E-state index is 13.0. The molecule has 1 aliphatic heterocycles. The van der Waals surface area contributed by atoms with Gasteiger partial charge in [0.25, 0.3) is 0 Å². The molecular formula is C16H19NO5S2. The molecule has 0 saturated carbocycles. The topological polar surface area (TPSA) is 65.1 Å². The van der Waals surface area contributed by atoms with Crippen LogP contribution < -0.4 is 9.47 Å². The van der Waals surface area contributed by atoms with Gasteiger partial charge in [-0.25, -0.2) is 8.42 Å². The van der Waals surface area contributed by atoms with E-state index >= 15 is 0 Å². The molecule has 1 aromatic heterocycles. The van der Waals surface area contributed by atoms with E-state index in [0.717, 1.165) is 5.56 Å². The first-order chi connectivity index (χ1) is 11.6. The first-order valence-electron chi connectivity index (χ1n) is 7.51. The maximum Gasteiger partial charge on any atom is 0.243 e. The molecule has 6 nitrogen and oxygen atoms in total. The highest BCUT2D eigenvalue weighted by Gasteiger charge is 2.26. The van der Waals surface area contributed by atoms with Gasteiger partial charge >= 0.3 is 0 Å².